The summed E-state index contributed by atoms with van der Waals surface area (Å²) in [6.45, 7) is 2.10. The average Bonchev–Trinajstić information content (AvgIpc) is 2.75. The van der Waals surface area contributed by atoms with Crippen molar-refractivity contribution in [3.8, 4) is 0 Å². The van der Waals surface area contributed by atoms with Gasteiger partial charge in [-0.3, -0.25) is 9.59 Å². The van der Waals surface area contributed by atoms with Crippen molar-refractivity contribution >= 4 is 45.8 Å². The van der Waals surface area contributed by atoms with Crippen molar-refractivity contribution in [2.75, 3.05) is 17.2 Å². The predicted molar refractivity (Wildman–Crippen MR) is 125 cm³/mol. The normalized spacial score (nSPS) is 11.4. The molecule has 0 saturated carbocycles. The van der Waals surface area contributed by atoms with Gasteiger partial charge in [-0.2, -0.15) is 0 Å². The number of carbonyl (C=O) groups excluding carboxylic acids is 2. The van der Waals surface area contributed by atoms with Gasteiger partial charge >= 0.3 is 0 Å². The lowest BCUT2D eigenvalue weighted by Gasteiger charge is -2.14. The van der Waals surface area contributed by atoms with Crippen LogP contribution in [0.15, 0.2) is 78.9 Å². The third-order valence-electron chi connectivity index (χ3n) is 4.38. The highest BCUT2D eigenvalue weighted by atomic mass is 127. The van der Waals surface area contributed by atoms with Crippen LogP contribution in [-0.2, 0) is 4.79 Å². The fourth-order valence-corrected chi connectivity index (χ4v) is 3.12. The van der Waals surface area contributed by atoms with E-state index in [1.54, 1.807) is 24.3 Å². The molecule has 2 amide bonds. The molecule has 5 nitrogen and oxygen atoms in total. The highest BCUT2D eigenvalue weighted by molar-refractivity contribution is 14.1. The molecule has 0 saturated heterocycles. The van der Waals surface area contributed by atoms with Crippen LogP contribution in [-0.4, -0.2) is 18.4 Å². The molecule has 0 fully saturated rings. The lowest BCUT2D eigenvalue weighted by atomic mass is 10.1. The van der Waals surface area contributed by atoms with Crippen molar-refractivity contribution in [2.24, 2.45) is 0 Å². The summed E-state index contributed by atoms with van der Waals surface area (Å²) in [6.07, 6.45) is 0. The second-order valence-electron chi connectivity index (χ2n) is 6.59. The summed E-state index contributed by atoms with van der Waals surface area (Å²) in [4.78, 5) is 24.5. The van der Waals surface area contributed by atoms with E-state index in [0.29, 0.717) is 5.56 Å². The van der Waals surface area contributed by atoms with E-state index in [2.05, 4.69) is 38.5 Å². The van der Waals surface area contributed by atoms with Crippen molar-refractivity contribution in [1.82, 2.24) is 5.32 Å². The van der Waals surface area contributed by atoms with Crippen LogP contribution in [0.5, 0.6) is 0 Å². The van der Waals surface area contributed by atoms with Crippen LogP contribution in [0.25, 0.3) is 0 Å². The second kappa shape index (κ2) is 10.1. The van der Waals surface area contributed by atoms with E-state index >= 15 is 0 Å². The van der Waals surface area contributed by atoms with Gasteiger partial charge in [0.1, 0.15) is 0 Å². The van der Waals surface area contributed by atoms with Crippen LogP contribution < -0.4 is 16.0 Å². The minimum absolute atomic E-state index is 0.0773. The zero-order valence-corrected chi connectivity index (χ0v) is 18.1. The summed E-state index contributed by atoms with van der Waals surface area (Å²) < 4.78 is 1.11. The molecular weight excluding hydrogens is 477 g/mol. The van der Waals surface area contributed by atoms with Gasteiger partial charge in [0.05, 0.1) is 12.6 Å². The first-order valence-corrected chi connectivity index (χ1v) is 10.3. The number of amides is 2. The Morgan fingerprint density at radius 1 is 0.862 bits per heavy atom. The van der Waals surface area contributed by atoms with Crippen LogP contribution >= 0.6 is 22.6 Å². The van der Waals surface area contributed by atoms with Gasteiger partial charge in [-0.15, -0.1) is 0 Å². The van der Waals surface area contributed by atoms with Gasteiger partial charge in [-0.05, 0) is 83.6 Å². The first-order chi connectivity index (χ1) is 14.0. The second-order valence-corrected chi connectivity index (χ2v) is 7.84. The van der Waals surface area contributed by atoms with Gasteiger partial charge < -0.3 is 16.0 Å². The summed E-state index contributed by atoms with van der Waals surface area (Å²) in [6, 6.07) is 24.4. The molecule has 3 N–H and O–H groups in total. The molecule has 0 radical (unpaired) electrons. The fraction of sp³-hybridized carbons (Fsp3) is 0.130. The molecule has 3 aromatic rings. The Morgan fingerprint density at radius 2 is 1.48 bits per heavy atom. The highest BCUT2D eigenvalue weighted by Crippen LogP contribution is 2.15. The van der Waals surface area contributed by atoms with Gasteiger partial charge in [0.15, 0.2) is 0 Å². The van der Waals surface area contributed by atoms with Crippen LogP contribution in [0, 0.1) is 3.57 Å². The maximum atomic E-state index is 12.4. The molecule has 0 spiro atoms. The van der Waals surface area contributed by atoms with E-state index in [1.807, 2.05) is 61.5 Å². The number of benzene rings is 3. The van der Waals surface area contributed by atoms with E-state index < -0.39 is 0 Å². The standard InChI is InChI=1S/C23H22IN3O2/c1-16(17-5-3-2-4-6-17)26-23(29)18-7-11-20(12-8-18)25-15-22(28)27-21-13-9-19(24)10-14-21/h2-14,16,25H,15H2,1H3,(H,26,29)(H,27,28). The lowest BCUT2D eigenvalue weighted by molar-refractivity contribution is -0.114. The molecule has 148 valence electrons. The van der Waals surface area contributed by atoms with Crippen LogP contribution in [0.3, 0.4) is 0 Å². The molecule has 6 heteroatoms. The molecule has 0 aliphatic carbocycles. The monoisotopic (exact) mass is 499 g/mol. The molecule has 29 heavy (non-hydrogen) atoms. The molecule has 1 unspecified atom stereocenters. The van der Waals surface area contributed by atoms with E-state index in [4.69, 9.17) is 0 Å². The van der Waals surface area contributed by atoms with E-state index in [-0.39, 0.29) is 24.4 Å². The first kappa shape index (κ1) is 20.9. The third-order valence-corrected chi connectivity index (χ3v) is 5.09. The van der Waals surface area contributed by atoms with Crippen molar-refractivity contribution in [1.29, 1.82) is 0 Å². The molecular formula is C23H22IN3O2. The largest absolute Gasteiger partial charge is 0.376 e. The fourth-order valence-electron chi connectivity index (χ4n) is 2.77. The number of rotatable bonds is 7. The molecule has 0 aliphatic rings. The summed E-state index contributed by atoms with van der Waals surface area (Å²) in [5.74, 6) is -0.269. The lowest BCUT2D eigenvalue weighted by Crippen LogP contribution is -2.26. The number of nitrogens with one attached hydrogen (secondary N) is 3. The van der Waals surface area contributed by atoms with Gasteiger partial charge in [0, 0.05) is 20.5 Å². The highest BCUT2D eigenvalue weighted by Gasteiger charge is 2.11. The Hall–Kier alpha value is -2.87. The summed E-state index contributed by atoms with van der Waals surface area (Å²) in [7, 11) is 0. The van der Waals surface area contributed by atoms with E-state index in [1.165, 1.54) is 0 Å². The van der Waals surface area contributed by atoms with E-state index in [0.717, 1.165) is 20.5 Å². The minimum atomic E-state index is -0.135. The first-order valence-electron chi connectivity index (χ1n) is 9.26. The van der Waals surface area contributed by atoms with Gasteiger partial charge in [0.2, 0.25) is 5.91 Å². The van der Waals surface area contributed by atoms with Crippen molar-refractivity contribution in [2.45, 2.75) is 13.0 Å². The molecule has 1 atom stereocenters. The van der Waals surface area contributed by atoms with E-state index in [9.17, 15) is 9.59 Å². The van der Waals surface area contributed by atoms with Crippen molar-refractivity contribution < 1.29 is 9.59 Å². The molecule has 0 bridgehead atoms. The summed E-state index contributed by atoms with van der Waals surface area (Å²) in [5.41, 5.74) is 3.16. The molecule has 3 aromatic carbocycles. The van der Waals surface area contributed by atoms with Crippen LogP contribution in [0.4, 0.5) is 11.4 Å². The Labute approximate surface area is 184 Å². The zero-order chi connectivity index (χ0) is 20.6. The van der Waals surface area contributed by atoms with Gasteiger partial charge in [-0.1, -0.05) is 30.3 Å². The number of halogens is 1. The topological polar surface area (TPSA) is 70.2 Å². The summed E-state index contributed by atoms with van der Waals surface area (Å²) in [5, 5.41) is 8.89. The zero-order valence-electron chi connectivity index (χ0n) is 16.0. The van der Waals surface area contributed by atoms with Crippen LogP contribution in [0.1, 0.15) is 28.9 Å². The van der Waals surface area contributed by atoms with Crippen molar-refractivity contribution in [3.05, 3.63) is 93.6 Å². The number of hydrogen-bond donors (Lipinski definition) is 3. The Bertz CT molecular complexity index is 958. The number of hydrogen-bond acceptors (Lipinski definition) is 3. The molecule has 0 aromatic heterocycles. The van der Waals surface area contributed by atoms with Gasteiger partial charge in [0.25, 0.3) is 5.91 Å². The Balaban J connectivity index is 1.49. The van der Waals surface area contributed by atoms with Crippen molar-refractivity contribution in [3.63, 3.8) is 0 Å². The minimum Gasteiger partial charge on any atom is -0.376 e. The SMILES string of the molecule is CC(NC(=O)c1ccc(NCC(=O)Nc2ccc(I)cc2)cc1)c1ccccc1. The van der Waals surface area contributed by atoms with Crippen LogP contribution in [0.2, 0.25) is 0 Å². The summed E-state index contributed by atoms with van der Waals surface area (Å²) >= 11 is 2.22. The molecule has 0 heterocycles. The Morgan fingerprint density at radius 3 is 2.14 bits per heavy atom. The molecule has 0 aliphatic heterocycles. The number of anilines is 2. The smallest absolute Gasteiger partial charge is 0.251 e. The quantitative estimate of drug-likeness (QED) is 0.408. The third kappa shape index (κ3) is 6.32. The molecule has 3 rings (SSSR count). The Kier molecular flexibility index (Phi) is 7.24. The average molecular weight is 499 g/mol. The maximum absolute atomic E-state index is 12.4. The number of carbonyl (C=O) groups is 2. The van der Waals surface area contributed by atoms with Gasteiger partial charge in [-0.25, -0.2) is 0 Å². The maximum Gasteiger partial charge on any atom is 0.251 e. The predicted octanol–water partition coefficient (Wildman–Crippen LogP) is 4.83.